The summed E-state index contributed by atoms with van der Waals surface area (Å²) in [5.41, 5.74) is 0.524. The van der Waals surface area contributed by atoms with Crippen LogP contribution in [0.1, 0.15) is 5.82 Å². The van der Waals surface area contributed by atoms with E-state index < -0.39 is 0 Å². The number of nitrogens with zero attached hydrogens (tertiary/aromatic N) is 3. The second-order valence-corrected chi connectivity index (χ2v) is 3.75. The Morgan fingerprint density at radius 3 is 2.78 bits per heavy atom. The Balaban J connectivity index is 2.47. The number of ether oxygens (including phenoxy) is 2. The minimum Gasteiger partial charge on any atom is -0.496 e. The summed E-state index contributed by atoms with van der Waals surface area (Å²) in [5, 5.41) is 4.23. The molecule has 5 nitrogen and oxygen atoms in total. The van der Waals surface area contributed by atoms with Gasteiger partial charge in [-0.05, 0) is 18.2 Å². The maximum absolute atomic E-state index is 13.3. The lowest BCUT2D eigenvalue weighted by Crippen LogP contribution is -2.00. The van der Waals surface area contributed by atoms with Gasteiger partial charge in [0, 0.05) is 14.2 Å². The topological polar surface area (TPSA) is 49.2 Å². The van der Waals surface area contributed by atoms with Crippen molar-refractivity contribution in [3.05, 3.63) is 29.8 Å². The molecule has 0 amide bonds. The average Bonchev–Trinajstić information content (AvgIpc) is 2.71. The molecule has 0 spiro atoms. The molecule has 1 aromatic heterocycles. The third-order valence-corrected chi connectivity index (χ3v) is 2.53. The fraction of sp³-hybridized carbons (Fsp3) is 0.333. The Morgan fingerprint density at radius 2 is 2.11 bits per heavy atom. The van der Waals surface area contributed by atoms with Crippen molar-refractivity contribution in [2.24, 2.45) is 7.05 Å². The van der Waals surface area contributed by atoms with Gasteiger partial charge in [0.1, 0.15) is 18.2 Å². The predicted octanol–water partition coefficient (Wildman–Crippen LogP) is 1.78. The molecule has 6 heteroatoms. The number of benzene rings is 1. The SMILES string of the molecule is COCc1nc(-c2cc(F)ccc2OC)nn1C. The second kappa shape index (κ2) is 5.14. The van der Waals surface area contributed by atoms with Crippen LogP contribution in [-0.4, -0.2) is 29.0 Å². The lowest BCUT2D eigenvalue weighted by Gasteiger charge is -2.04. The van der Waals surface area contributed by atoms with E-state index in [2.05, 4.69) is 10.1 Å². The normalized spacial score (nSPS) is 10.7. The number of hydrogen-bond donors (Lipinski definition) is 0. The van der Waals surface area contributed by atoms with Crippen LogP contribution in [0.4, 0.5) is 4.39 Å². The molecular weight excluding hydrogens is 237 g/mol. The summed E-state index contributed by atoms with van der Waals surface area (Å²) >= 11 is 0. The highest BCUT2D eigenvalue weighted by molar-refractivity contribution is 5.63. The van der Waals surface area contributed by atoms with Crippen molar-refractivity contribution < 1.29 is 13.9 Å². The van der Waals surface area contributed by atoms with Gasteiger partial charge >= 0.3 is 0 Å². The number of aryl methyl sites for hydroxylation is 1. The molecule has 1 heterocycles. The highest BCUT2D eigenvalue weighted by Gasteiger charge is 2.14. The van der Waals surface area contributed by atoms with E-state index >= 15 is 0 Å². The van der Waals surface area contributed by atoms with Crippen LogP contribution in [0, 0.1) is 5.82 Å². The summed E-state index contributed by atoms with van der Waals surface area (Å²) in [4.78, 5) is 4.30. The Labute approximate surface area is 104 Å². The summed E-state index contributed by atoms with van der Waals surface area (Å²) in [6.45, 7) is 0.348. The molecule has 0 saturated carbocycles. The van der Waals surface area contributed by atoms with Crippen molar-refractivity contribution in [1.82, 2.24) is 14.8 Å². The monoisotopic (exact) mass is 251 g/mol. The molecule has 0 saturated heterocycles. The average molecular weight is 251 g/mol. The zero-order chi connectivity index (χ0) is 13.1. The van der Waals surface area contributed by atoms with Crippen LogP contribution in [0.3, 0.4) is 0 Å². The van der Waals surface area contributed by atoms with Gasteiger partial charge in [0.05, 0.1) is 12.7 Å². The lowest BCUT2D eigenvalue weighted by molar-refractivity contribution is 0.174. The lowest BCUT2D eigenvalue weighted by atomic mass is 10.2. The quantitative estimate of drug-likeness (QED) is 0.831. The first-order valence-corrected chi connectivity index (χ1v) is 5.38. The standard InChI is InChI=1S/C12H14FN3O2/c1-16-11(7-17-2)14-12(15-16)9-6-8(13)4-5-10(9)18-3/h4-6H,7H2,1-3H3. The van der Waals surface area contributed by atoms with Gasteiger partial charge in [-0.1, -0.05) is 0 Å². The zero-order valence-electron chi connectivity index (χ0n) is 10.5. The van der Waals surface area contributed by atoms with Gasteiger partial charge in [0.25, 0.3) is 0 Å². The van der Waals surface area contributed by atoms with Gasteiger partial charge in [-0.3, -0.25) is 4.68 Å². The largest absolute Gasteiger partial charge is 0.496 e. The van der Waals surface area contributed by atoms with Crippen LogP contribution in [-0.2, 0) is 18.4 Å². The number of hydrogen-bond acceptors (Lipinski definition) is 4. The molecule has 2 aromatic rings. The molecule has 0 radical (unpaired) electrons. The van der Waals surface area contributed by atoms with Gasteiger partial charge in [-0.2, -0.15) is 5.10 Å². The summed E-state index contributed by atoms with van der Waals surface area (Å²) < 4.78 is 25.1. The zero-order valence-corrected chi connectivity index (χ0v) is 10.5. The van der Waals surface area contributed by atoms with Gasteiger partial charge in [0.15, 0.2) is 11.6 Å². The predicted molar refractivity (Wildman–Crippen MR) is 63.7 cm³/mol. The minimum absolute atomic E-state index is 0.348. The van der Waals surface area contributed by atoms with E-state index in [0.717, 1.165) is 0 Å². The number of methoxy groups -OCH3 is 2. The maximum atomic E-state index is 13.3. The minimum atomic E-state index is -0.355. The summed E-state index contributed by atoms with van der Waals surface area (Å²) in [5.74, 6) is 1.26. The van der Waals surface area contributed by atoms with Crippen LogP contribution in [0.2, 0.25) is 0 Å². The van der Waals surface area contributed by atoms with Gasteiger partial charge < -0.3 is 9.47 Å². The van der Waals surface area contributed by atoms with E-state index in [9.17, 15) is 4.39 Å². The first-order chi connectivity index (χ1) is 8.65. The molecule has 0 atom stereocenters. The molecule has 18 heavy (non-hydrogen) atoms. The van der Waals surface area contributed by atoms with Crippen molar-refractivity contribution in [1.29, 1.82) is 0 Å². The third kappa shape index (κ3) is 2.33. The van der Waals surface area contributed by atoms with Crippen LogP contribution < -0.4 is 4.74 Å². The molecule has 0 unspecified atom stereocenters. The maximum Gasteiger partial charge on any atom is 0.185 e. The fourth-order valence-electron chi connectivity index (χ4n) is 1.64. The second-order valence-electron chi connectivity index (χ2n) is 3.75. The van der Waals surface area contributed by atoms with E-state index in [1.807, 2.05) is 0 Å². The van der Waals surface area contributed by atoms with Crippen LogP contribution >= 0.6 is 0 Å². The fourth-order valence-corrected chi connectivity index (χ4v) is 1.64. The highest BCUT2D eigenvalue weighted by atomic mass is 19.1. The van der Waals surface area contributed by atoms with Gasteiger partial charge in [-0.15, -0.1) is 0 Å². The Hall–Kier alpha value is -1.95. The van der Waals surface area contributed by atoms with Crippen LogP contribution in [0.15, 0.2) is 18.2 Å². The molecule has 0 fully saturated rings. The third-order valence-electron chi connectivity index (χ3n) is 2.53. The molecule has 0 aliphatic carbocycles. The van der Waals surface area contributed by atoms with Crippen molar-refractivity contribution in [2.45, 2.75) is 6.61 Å². The van der Waals surface area contributed by atoms with E-state index in [0.29, 0.717) is 29.6 Å². The number of aromatic nitrogens is 3. The molecular formula is C12H14FN3O2. The van der Waals surface area contributed by atoms with Crippen LogP contribution in [0.25, 0.3) is 11.4 Å². The Kier molecular flexibility index (Phi) is 3.57. The van der Waals surface area contributed by atoms with Crippen LogP contribution in [0.5, 0.6) is 5.75 Å². The highest BCUT2D eigenvalue weighted by Crippen LogP contribution is 2.28. The number of halogens is 1. The van der Waals surface area contributed by atoms with E-state index in [4.69, 9.17) is 9.47 Å². The van der Waals surface area contributed by atoms with Crippen molar-refractivity contribution in [3.8, 4) is 17.1 Å². The molecule has 96 valence electrons. The molecule has 0 aliphatic heterocycles. The molecule has 0 aliphatic rings. The molecule has 1 aromatic carbocycles. The first-order valence-electron chi connectivity index (χ1n) is 5.38. The van der Waals surface area contributed by atoms with Crippen molar-refractivity contribution in [3.63, 3.8) is 0 Å². The van der Waals surface area contributed by atoms with E-state index in [1.165, 1.54) is 19.2 Å². The first kappa shape index (κ1) is 12.5. The summed E-state index contributed by atoms with van der Waals surface area (Å²) in [6.07, 6.45) is 0. The molecule has 2 rings (SSSR count). The Morgan fingerprint density at radius 1 is 1.33 bits per heavy atom. The van der Waals surface area contributed by atoms with Crippen molar-refractivity contribution in [2.75, 3.05) is 14.2 Å². The molecule has 0 bridgehead atoms. The summed E-state index contributed by atoms with van der Waals surface area (Å²) in [6, 6.07) is 4.24. The van der Waals surface area contributed by atoms with E-state index in [1.54, 1.807) is 24.9 Å². The smallest absolute Gasteiger partial charge is 0.185 e. The Bertz CT molecular complexity index is 554. The van der Waals surface area contributed by atoms with Crippen molar-refractivity contribution >= 4 is 0 Å². The molecule has 0 N–H and O–H groups in total. The summed E-state index contributed by atoms with van der Waals surface area (Å²) in [7, 11) is 4.86. The van der Waals surface area contributed by atoms with E-state index in [-0.39, 0.29) is 5.82 Å². The van der Waals surface area contributed by atoms with Gasteiger partial charge in [-0.25, -0.2) is 9.37 Å². The van der Waals surface area contributed by atoms with Gasteiger partial charge in [0.2, 0.25) is 0 Å². The number of rotatable bonds is 4.